The third-order valence-corrected chi connectivity index (χ3v) is 5.12. The van der Waals surface area contributed by atoms with E-state index in [1.54, 1.807) is 26.4 Å². The van der Waals surface area contributed by atoms with Crippen molar-refractivity contribution < 1.29 is 13.9 Å². The summed E-state index contributed by atoms with van der Waals surface area (Å²) >= 11 is 0. The van der Waals surface area contributed by atoms with E-state index in [9.17, 15) is 4.39 Å². The molecule has 0 spiro atoms. The van der Waals surface area contributed by atoms with Gasteiger partial charge in [-0.25, -0.2) is 4.39 Å². The molecule has 1 heterocycles. The van der Waals surface area contributed by atoms with Gasteiger partial charge in [-0.2, -0.15) is 5.10 Å². The first kappa shape index (κ1) is 19.7. The lowest BCUT2D eigenvalue weighted by Gasteiger charge is -2.25. The molecule has 152 valence electrons. The SMILES string of the molecule is COc1ccccc1C=CC1=NN(c2ccc(F)cc2)[C@H](c2ccccc2OC)C1. The Bertz CT molecular complexity index is 1080. The van der Waals surface area contributed by atoms with Crippen LogP contribution in [0.15, 0.2) is 84.0 Å². The van der Waals surface area contributed by atoms with Crippen LogP contribution in [0.2, 0.25) is 0 Å². The minimum absolute atomic E-state index is 0.0519. The Morgan fingerprint density at radius 2 is 1.53 bits per heavy atom. The van der Waals surface area contributed by atoms with Crippen molar-refractivity contribution in [3.8, 4) is 11.5 Å². The summed E-state index contributed by atoms with van der Waals surface area (Å²) in [4.78, 5) is 0. The molecule has 30 heavy (non-hydrogen) atoms. The molecule has 3 aromatic rings. The standard InChI is InChI=1S/C25H23FN2O2/c1-29-24-9-5-3-7-18(24)11-14-20-17-23(22-8-4-6-10-25(22)30-2)28(27-20)21-15-12-19(26)13-16-21/h3-16,23H,17H2,1-2H3/t23-/m0/s1. The molecule has 0 fully saturated rings. The number of hydrogen-bond donors (Lipinski definition) is 0. The highest BCUT2D eigenvalue weighted by Crippen LogP contribution is 2.39. The van der Waals surface area contributed by atoms with Gasteiger partial charge in [0.1, 0.15) is 17.3 Å². The molecule has 0 bridgehead atoms. The molecule has 1 aliphatic heterocycles. The van der Waals surface area contributed by atoms with Crippen LogP contribution in [0.1, 0.15) is 23.6 Å². The predicted octanol–water partition coefficient (Wildman–Crippen LogP) is 5.86. The third kappa shape index (κ3) is 4.06. The summed E-state index contributed by atoms with van der Waals surface area (Å²) in [5.74, 6) is 1.34. The first-order valence-corrected chi connectivity index (χ1v) is 9.76. The molecule has 0 aliphatic carbocycles. The zero-order valence-corrected chi connectivity index (χ0v) is 17.0. The molecular formula is C25H23FN2O2. The number of ether oxygens (including phenoxy) is 2. The van der Waals surface area contributed by atoms with Gasteiger partial charge in [0, 0.05) is 17.5 Å². The Morgan fingerprint density at radius 1 is 0.867 bits per heavy atom. The maximum atomic E-state index is 13.5. The number of benzene rings is 3. The first-order valence-electron chi connectivity index (χ1n) is 9.76. The molecule has 0 radical (unpaired) electrons. The fraction of sp³-hybridized carbons (Fsp3) is 0.160. The quantitative estimate of drug-likeness (QED) is 0.518. The predicted molar refractivity (Wildman–Crippen MR) is 119 cm³/mol. The molecule has 4 nitrogen and oxygen atoms in total. The number of allylic oxidation sites excluding steroid dienone is 1. The number of methoxy groups -OCH3 is 2. The molecule has 0 N–H and O–H groups in total. The molecule has 0 aromatic heterocycles. The van der Waals surface area contributed by atoms with Crippen LogP contribution in [0.4, 0.5) is 10.1 Å². The average molecular weight is 402 g/mol. The normalized spacial score (nSPS) is 16.0. The molecule has 1 aliphatic rings. The summed E-state index contributed by atoms with van der Waals surface area (Å²) in [7, 11) is 3.33. The average Bonchev–Trinajstić information content (AvgIpc) is 3.22. The Balaban J connectivity index is 1.69. The summed E-state index contributed by atoms with van der Waals surface area (Å²) in [6.45, 7) is 0. The maximum Gasteiger partial charge on any atom is 0.126 e. The molecule has 3 aromatic carbocycles. The van der Waals surface area contributed by atoms with Crippen molar-refractivity contribution in [1.82, 2.24) is 0 Å². The molecule has 0 saturated heterocycles. The maximum absolute atomic E-state index is 13.5. The van der Waals surface area contributed by atoms with Crippen LogP contribution in [-0.2, 0) is 0 Å². The number of hydrogen-bond acceptors (Lipinski definition) is 4. The van der Waals surface area contributed by atoms with E-state index < -0.39 is 0 Å². The van der Waals surface area contributed by atoms with Crippen LogP contribution in [0.3, 0.4) is 0 Å². The summed E-state index contributed by atoms with van der Waals surface area (Å²) in [6, 6.07) is 22.1. The van der Waals surface area contributed by atoms with E-state index in [1.807, 2.05) is 65.7 Å². The van der Waals surface area contributed by atoms with Gasteiger partial charge in [-0.05, 0) is 48.6 Å². The van der Waals surface area contributed by atoms with Crippen LogP contribution in [0, 0.1) is 5.82 Å². The number of halogens is 1. The van der Waals surface area contributed by atoms with Crippen molar-refractivity contribution in [2.75, 3.05) is 19.2 Å². The van der Waals surface area contributed by atoms with Crippen molar-refractivity contribution in [1.29, 1.82) is 0 Å². The number of rotatable bonds is 6. The van der Waals surface area contributed by atoms with Crippen molar-refractivity contribution in [3.63, 3.8) is 0 Å². The van der Waals surface area contributed by atoms with Crippen molar-refractivity contribution >= 4 is 17.5 Å². The minimum atomic E-state index is -0.271. The fourth-order valence-electron chi connectivity index (χ4n) is 3.64. The Labute approximate surface area is 175 Å². The Morgan fingerprint density at radius 3 is 2.27 bits per heavy atom. The van der Waals surface area contributed by atoms with E-state index in [-0.39, 0.29) is 11.9 Å². The van der Waals surface area contributed by atoms with Gasteiger partial charge in [0.2, 0.25) is 0 Å². The van der Waals surface area contributed by atoms with E-state index in [2.05, 4.69) is 0 Å². The van der Waals surface area contributed by atoms with Gasteiger partial charge in [-0.1, -0.05) is 36.4 Å². The van der Waals surface area contributed by atoms with Crippen LogP contribution >= 0.6 is 0 Å². The van der Waals surface area contributed by atoms with Crippen LogP contribution in [-0.4, -0.2) is 19.9 Å². The van der Waals surface area contributed by atoms with Gasteiger partial charge in [-0.3, -0.25) is 5.01 Å². The fourth-order valence-corrected chi connectivity index (χ4v) is 3.64. The minimum Gasteiger partial charge on any atom is -0.496 e. The molecule has 5 heteroatoms. The molecule has 4 rings (SSSR count). The molecular weight excluding hydrogens is 379 g/mol. The molecule has 0 unspecified atom stereocenters. The van der Waals surface area contributed by atoms with Crippen LogP contribution in [0.25, 0.3) is 6.08 Å². The van der Waals surface area contributed by atoms with Gasteiger partial charge < -0.3 is 9.47 Å². The molecule has 1 atom stereocenters. The zero-order chi connectivity index (χ0) is 20.9. The highest BCUT2D eigenvalue weighted by molar-refractivity contribution is 6.01. The molecule has 0 amide bonds. The van der Waals surface area contributed by atoms with Gasteiger partial charge in [-0.15, -0.1) is 0 Å². The van der Waals surface area contributed by atoms with Crippen molar-refractivity contribution in [2.45, 2.75) is 12.5 Å². The number of para-hydroxylation sites is 2. The lowest BCUT2D eigenvalue weighted by Crippen LogP contribution is -2.19. The summed E-state index contributed by atoms with van der Waals surface area (Å²) in [6.07, 6.45) is 4.71. The third-order valence-electron chi connectivity index (χ3n) is 5.12. The van der Waals surface area contributed by atoms with Crippen molar-refractivity contribution in [3.05, 3.63) is 95.8 Å². The number of hydrazone groups is 1. The Hall–Kier alpha value is -3.60. The van der Waals surface area contributed by atoms with Crippen LogP contribution in [0.5, 0.6) is 11.5 Å². The lowest BCUT2D eigenvalue weighted by atomic mass is 9.99. The van der Waals surface area contributed by atoms with Gasteiger partial charge in [0.05, 0.1) is 31.7 Å². The van der Waals surface area contributed by atoms with Gasteiger partial charge in [0.25, 0.3) is 0 Å². The topological polar surface area (TPSA) is 34.1 Å². The van der Waals surface area contributed by atoms with Gasteiger partial charge in [0.15, 0.2) is 0 Å². The smallest absolute Gasteiger partial charge is 0.126 e. The second-order valence-corrected chi connectivity index (χ2v) is 6.95. The Kier molecular flexibility index (Phi) is 5.80. The van der Waals surface area contributed by atoms with E-state index in [0.717, 1.165) is 34.0 Å². The van der Waals surface area contributed by atoms with E-state index >= 15 is 0 Å². The highest BCUT2D eigenvalue weighted by atomic mass is 19.1. The van der Waals surface area contributed by atoms with Crippen molar-refractivity contribution in [2.24, 2.45) is 5.10 Å². The van der Waals surface area contributed by atoms with E-state index in [0.29, 0.717) is 6.42 Å². The second kappa shape index (κ2) is 8.82. The monoisotopic (exact) mass is 402 g/mol. The highest BCUT2D eigenvalue weighted by Gasteiger charge is 2.30. The van der Waals surface area contributed by atoms with E-state index in [4.69, 9.17) is 14.6 Å². The van der Waals surface area contributed by atoms with E-state index in [1.165, 1.54) is 12.1 Å². The number of nitrogens with zero attached hydrogens (tertiary/aromatic N) is 2. The summed E-state index contributed by atoms with van der Waals surface area (Å²) in [5, 5.41) is 6.77. The second-order valence-electron chi connectivity index (χ2n) is 6.95. The van der Waals surface area contributed by atoms with Crippen LogP contribution < -0.4 is 14.5 Å². The number of anilines is 1. The first-order chi connectivity index (χ1) is 14.7. The molecule has 0 saturated carbocycles. The zero-order valence-electron chi connectivity index (χ0n) is 17.0. The largest absolute Gasteiger partial charge is 0.496 e. The summed E-state index contributed by atoms with van der Waals surface area (Å²) < 4.78 is 24.5. The lowest BCUT2D eigenvalue weighted by molar-refractivity contribution is 0.405. The summed E-state index contributed by atoms with van der Waals surface area (Å²) in [5.41, 5.74) is 3.76. The van der Waals surface area contributed by atoms with Gasteiger partial charge >= 0.3 is 0 Å².